The van der Waals surface area contributed by atoms with E-state index in [0.717, 1.165) is 10.0 Å². The molecule has 2 N–H and O–H groups in total. The van der Waals surface area contributed by atoms with Gasteiger partial charge in [0.25, 0.3) is 0 Å². The molecule has 1 unspecified atom stereocenters. The molecular weight excluding hydrogens is 338 g/mol. The molecule has 0 amide bonds. The van der Waals surface area contributed by atoms with Gasteiger partial charge < -0.3 is 19.9 Å². The average Bonchev–Trinajstić information content (AvgIpc) is 2.46. The van der Waals surface area contributed by atoms with Crippen LogP contribution in [0.5, 0.6) is 11.5 Å². The molecule has 0 saturated heterocycles. The molecule has 0 bridgehead atoms. The molecule has 1 rings (SSSR count). The van der Waals surface area contributed by atoms with Gasteiger partial charge in [-0.15, -0.1) is 0 Å². The van der Waals surface area contributed by atoms with E-state index in [0.29, 0.717) is 37.4 Å². The first-order valence-electron chi connectivity index (χ1n) is 6.86. The molecule has 1 atom stereocenters. The van der Waals surface area contributed by atoms with Crippen molar-refractivity contribution in [3.63, 3.8) is 0 Å². The van der Waals surface area contributed by atoms with Crippen LogP contribution in [0.3, 0.4) is 0 Å². The third kappa shape index (κ3) is 5.21. The lowest BCUT2D eigenvalue weighted by Gasteiger charge is -2.17. The van der Waals surface area contributed by atoms with Gasteiger partial charge in [0.15, 0.2) is 0 Å². The highest BCUT2D eigenvalue weighted by atomic mass is 79.9. The maximum Gasteiger partial charge on any atom is 0.305 e. The first-order valence-corrected chi connectivity index (χ1v) is 7.65. The predicted octanol–water partition coefficient (Wildman–Crippen LogP) is 3.20. The number of carbonyl (C=O) groups excluding carboxylic acids is 1. The van der Waals surface area contributed by atoms with E-state index >= 15 is 0 Å². The number of hydrogen-bond donors (Lipinski definition) is 1. The summed E-state index contributed by atoms with van der Waals surface area (Å²) in [6.07, 6.45) is 1.71. The minimum Gasteiger partial charge on any atom is -0.496 e. The largest absolute Gasteiger partial charge is 0.496 e. The van der Waals surface area contributed by atoms with Crippen molar-refractivity contribution in [3.05, 3.63) is 22.2 Å². The number of carbonyl (C=O) groups is 1. The fourth-order valence-corrected chi connectivity index (χ4v) is 2.51. The molecule has 1 aromatic carbocycles. The van der Waals surface area contributed by atoms with E-state index in [2.05, 4.69) is 15.9 Å². The van der Waals surface area contributed by atoms with Crippen molar-refractivity contribution >= 4 is 21.9 Å². The van der Waals surface area contributed by atoms with Crippen LogP contribution in [0, 0.1) is 0 Å². The normalized spacial score (nSPS) is 11.9. The Hall–Kier alpha value is -1.27. The van der Waals surface area contributed by atoms with E-state index in [1.54, 1.807) is 21.1 Å². The topological polar surface area (TPSA) is 70.8 Å². The highest BCUT2D eigenvalue weighted by Gasteiger charge is 2.16. The van der Waals surface area contributed by atoms with Gasteiger partial charge in [-0.25, -0.2) is 0 Å². The van der Waals surface area contributed by atoms with E-state index < -0.39 is 0 Å². The Morgan fingerprint density at radius 2 is 1.95 bits per heavy atom. The summed E-state index contributed by atoms with van der Waals surface area (Å²) < 4.78 is 16.3. The van der Waals surface area contributed by atoms with Gasteiger partial charge in [-0.2, -0.15) is 0 Å². The van der Waals surface area contributed by atoms with Crippen LogP contribution in [-0.4, -0.2) is 26.8 Å². The number of methoxy groups -OCH3 is 2. The monoisotopic (exact) mass is 359 g/mol. The van der Waals surface area contributed by atoms with Crippen LogP contribution >= 0.6 is 15.9 Å². The number of halogens is 1. The number of ether oxygens (including phenoxy) is 3. The molecule has 0 fully saturated rings. The maximum absolute atomic E-state index is 11.3. The summed E-state index contributed by atoms with van der Waals surface area (Å²) in [6, 6.07) is 3.47. The van der Waals surface area contributed by atoms with E-state index in [1.807, 2.05) is 12.1 Å². The SMILES string of the molecule is CCOC(=O)CCCC(N)c1cc(OC)c(Br)cc1OC. The first-order chi connectivity index (χ1) is 10.0. The molecule has 0 aliphatic rings. The molecule has 0 radical (unpaired) electrons. The van der Waals surface area contributed by atoms with Gasteiger partial charge >= 0.3 is 5.97 Å². The van der Waals surface area contributed by atoms with Crippen LogP contribution in [0.25, 0.3) is 0 Å². The van der Waals surface area contributed by atoms with Crippen LogP contribution in [0.4, 0.5) is 0 Å². The highest BCUT2D eigenvalue weighted by molar-refractivity contribution is 9.10. The van der Waals surface area contributed by atoms with E-state index in [1.165, 1.54) is 0 Å². The summed E-state index contributed by atoms with van der Waals surface area (Å²) in [6.45, 7) is 2.20. The molecule has 0 aliphatic heterocycles. The Balaban J connectivity index is 2.72. The predicted molar refractivity (Wildman–Crippen MR) is 84.7 cm³/mol. The van der Waals surface area contributed by atoms with Gasteiger partial charge in [-0.3, -0.25) is 4.79 Å². The van der Waals surface area contributed by atoms with Crippen molar-refractivity contribution < 1.29 is 19.0 Å². The lowest BCUT2D eigenvalue weighted by Crippen LogP contribution is -2.13. The number of nitrogens with two attached hydrogens (primary N) is 1. The molecule has 6 heteroatoms. The van der Waals surface area contributed by atoms with Gasteiger partial charge in [-0.05, 0) is 47.8 Å². The van der Waals surface area contributed by atoms with Crippen LogP contribution in [0.15, 0.2) is 16.6 Å². The van der Waals surface area contributed by atoms with Gasteiger partial charge in [0.2, 0.25) is 0 Å². The third-order valence-electron chi connectivity index (χ3n) is 3.10. The Bertz CT molecular complexity index is 479. The van der Waals surface area contributed by atoms with Crippen LogP contribution in [-0.2, 0) is 9.53 Å². The first kappa shape index (κ1) is 17.8. The van der Waals surface area contributed by atoms with Gasteiger partial charge in [0.05, 0.1) is 25.3 Å². The molecule has 5 nitrogen and oxygen atoms in total. The van der Waals surface area contributed by atoms with Gasteiger partial charge in [-0.1, -0.05) is 0 Å². The van der Waals surface area contributed by atoms with Crippen molar-refractivity contribution in [2.24, 2.45) is 5.73 Å². The van der Waals surface area contributed by atoms with Crippen molar-refractivity contribution in [3.8, 4) is 11.5 Å². The Morgan fingerprint density at radius 1 is 1.29 bits per heavy atom. The summed E-state index contributed by atoms with van der Waals surface area (Å²) in [5.74, 6) is 1.21. The molecule has 0 aliphatic carbocycles. The lowest BCUT2D eigenvalue weighted by molar-refractivity contribution is -0.143. The molecule has 118 valence electrons. The second kappa shape index (κ2) is 8.89. The smallest absolute Gasteiger partial charge is 0.305 e. The second-order valence-corrected chi connectivity index (χ2v) is 5.39. The minimum atomic E-state index is -0.226. The van der Waals surface area contributed by atoms with E-state index in [9.17, 15) is 4.79 Å². The van der Waals surface area contributed by atoms with Crippen molar-refractivity contribution in [1.29, 1.82) is 0 Å². The Labute approximate surface area is 133 Å². The third-order valence-corrected chi connectivity index (χ3v) is 3.72. The van der Waals surface area contributed by atoms with Gasteiger partial charge in [0, 0.05) is 18.0 Å². The molecule has 1 aromatic rings. The van der Waals surface area contributed by atoms with E-state index in [-0.39, 0.29) is 12.0 Å². The molecule has 0 saturated carbocycles. The second-order valence-electron chi connectivity index (χ2n) is 4.53. The molecular formula is C15H22BrNO4. The zero-order valence-corrected chi connectivity index (χ0v) is 14.2. The van der Waals surface area contributed by atoms with Crippen molar-refractivity contribution in [2.75, 3.05) is 20.8 Å². The number of rotatable bonds is 8. The van der Waals surface area contributed by atoms with Crippen LogP contribution < -0.4 is 15.2 Å². The zero-order chi connectivity index (χ0) is 15.8. The van der Waals surface area contributed by atoms with Gasteiger partial charge in [0.1, 0.15) is 11.5 Å². The summed E-state index contributed by atoms with van der Waals surface area (Å²) in [4.78, 5) is 11.3. The molecule has 0 spiro atoms. The molecule has 0 aromatic heterocycles. The Morgan fingerprint density at radius 3 is 2.52 bits per heavy atom. The summed E-state index contributed by atoms with van der Waals surface area (Å²) in [5.41, 5.74) is 7.06. The maximum atomic E-state index is 11.3. The number of benzene rings is 1. The summed E-state index contributed by atoms with van der Waals surface area (Å²) >= 11 is 3.41. The van der Waals surface area contributed by atoms with Crippen molar-refractivity contribution in [1.82, 2.24) is 0 Å². The minimum absolute atomic E-state index is 0.190. The zero-order valence-electron chi connectivity index (χ0n) is 12.6. The van der Waals surface area contributed by atoms with Crippen LogP contribution in [0.2, 0.25) is 0 Å². The molecule has 0 heterocycles. The van der Waals surface area contributed by atoms with Crippen molar-refractivity contribution in [2.45, 2.75) is 32.2 Å². The Kier molecular flexibility index (Phi) is 7.53. The fourth-order valence-electron chi connectivity index (χ4n) is 2.03. The fraction of sp³-hybridized carbons (Fsp3) is 0.533. The van der Waals surface area contributed by atoms with Crippen LogP contribution in [0.1, 0.15) is 37.8 Å². The quantitative estimate of drug-likeness (QED) is 0.721. The standard InChI is InChI=1S/C15H22BrNO4/c1-4-21-15(18)7-5-6-12(17)10-8-14(20-3)11(16)9-13(10)19-2/h8-9,12H,4-7,17H2,1-3H3. The number of hydrogen-bond acceptors (Lipinski definition) is 5. The summed E-state index contributed by atoms with van der Waals surface area (Å²) in [7, 11) is 3.20. The lowest BCUT2D eigenvalue weighted by atomic mass is 10.0. The average molecular weight is 360 g/mol. The highest BCUT2D eigenvalue weighted by Crippen LogP contribution is 2.36. The summed E-state index contributed by atoms with van der Waals surface area (Å²) in [5, 5.41) is 0. The number of esters is 1. The van der Waals surface area contributed by atoms with E-state index in [4.69, 9.17) is 19.9 Å². The molecule has 21 heavy (non-hydrogen) atoms.